The molecular weight excluding hydrogens is 180 g/mol. The molecule has 0 heterocycles. The maximum Gasteiger partial charge on any atom is 0.336 e. The van der Waals surface area contributed by atoms with Gasteiger partial charge in [-0.3, -0.25) is 0 Å². The van der Waals surface area contributed by atoms with Crippen LogP contribution in [0.2, 0.25) is 0 Å². The van der Waals surface area contributed by atoms with Crippen LogP contribution >= 0.6 is 0 Å². The Balaban J connectivity index is 4.62. The molecule has 0 fully saturated rings. The normalized spacial score (nSPS) is 11.1. The Labute approximate surface area is 85.8 Å². The standard InChI is InChI=1S/C11H20O3/c1-5-7-11(13,8-6-2)9(3)10(12)14-4/h13H,3,5-8H2,1-2,4H3. The number of carbonyl (C=O) groups excluding carboxylic acids is 1. The number of hydrogen-bond donors (Lipinski definition) is 1. The Bertz CT molecular complexity index is 203. The second-order valence-corrected chi connectivity index (χ2v) is 3.50. The van der Waals surface area contributed by atoms with Gasteiger partial charge in [0.25, 0.3) is 0 Å². The van der Waals surface area contributed by atoms with Crippen LogP contribution in [0.5, 0.6) is 0 Å². The van der Waals surface area contributed by atoms with Gasteiger partial charge in [-0.1, -0.05) is 33.3 Å². The highest BCUT2D eigenvalue weighted by Crippen LogP contribution is 2.27. The van der Waals surface area contributed by atoms with Crippen molar-refractivity contribution in [2.75, 3.05) is 7.11 Å². The maximum atomic E-state index is 11.2. The minimum atomic E-state index is -1.09. The van der Waals surface area contributed by atoms with Gasteiger partial charge in [0.2, 0.25) is 0 Å². The Hall–Kier alpha value is -0.830. The minimum Gasteiger partial charge on any atom is -0.466 e. The van der Waals surface area contributed by atoms with Crippen molar-refractivity contribution in [1.29, 1.82) is 0 Å². The Morgan fingerprint density at radius 3 is 2.07 bits per heavy atom. The summed E-state index contributed by atoms with van der Waals surface area (Å²) < 4.78 is 4.55. The van der Waals surface area contributed by atoms with Gasteiger partial charge in [-0.2, -0.15) is 0 Å². The SMILES string of the molecule is C=C(C(=O)OC)C(O)(CCC)CCC. The third kappa shape index (κ3) is 3.14. The second-order valence-electron chi connectivity index (χ2n) is 3.50. The average Bonchev–Trinajstić information content (AvgIpc) is 2.16. The first-order valence-corrected chi connectivity index (χ1v) is 5.01. The first kappa shape index (κ1) is 13.2. The van der Waals surface area contributed by atoms with Crippen LogP contribution in [-0.2, 0) is 9.53 Å². The summed E-state index contributed by atoms with van der Waals surface area (Å²) in [5.41, 5.74) is -0.917. The lowest BCUT2D eigenvalue weighted by Gasteiger charge is -2.28. The summed E-state index contributed by atoms with van der Waals surface area (Å²) in [4.78, 5) is 11.2. The molecule has 3 nitrogen and oxygen atoms in total. The molecule has 82 valence electrons. The van der Waals surface area contributed by atoms with E-state index in [9.17, 15) is 9.90 Å². The first-order valence-electron chi connectivity index (χ1n) is 5.01. The Morgan fingerprint density at radius 1 is 1.36 bits per heavy atom. The molecule has 3 heteroatoms. The van der Waals surface area contributed by atoms with Crippen molar-refractivity contribution in [3.8, 4) is 0 Å². The van der Waals surface area contributed by atoms with Gasteiger partial charge in [0.1, 0.15) is 0 Å². The van der Waals surface area contributed by atoms with E-state index in [1.807, 2.05) is 13.8 Å². The van der Waals surface area contributed by atoms with Gasteiger partial charge in [-0.05, 0) is 12.8 Å². The van der Waals surface area contributed by atoms with Gasteiger partial charge < -0.3 is 9.84 Å². The molecule has 0 atom stereocenters. The van der Waals surface area contributed by atoms with E-state index in [2.05, 4.69) is 11.3 Å². The molecule has 14 heavy (non-hydrogen) atoms. The van der Waals surface area contributed by atoms with Crippen molar-refractivity contribution in [3.05, 3.63) is 12.2 Å². The molecule has 0 aromatic carbocycles. The largest absolute Gasteiger partial charge is 0.466 e. The first-order chi connectivity index (χ1) is 6.51. The van der Waals surface area contributed by atoms with E-state index in [1.165, 1.54) is 7.11 Å². The monoisotopic (exact) mass is 200 g/mol. The summed E-state index contributed by atoms with van der Waals surface area (Å²) in [6.07, 6.45) is 2.72. The number of methoxy groups -OCH3 is 1. The molecular formula is C11H20O3. The number of rotatable bonds is 6. The highest BCUT2D eigenvalue weighted by atomic mass is 16.5. The fraction of sp³-hybridized carbons (Fsp3) is 0.727. The van der Waals surface area contributed by atoms with Crippen LogP contribution in [0.1, 0.15) is 39.5 Å². The van der Waals surface area contributed by atoms with Gasteiger partial charge in [-0.25, -0.2) is 4.79 Å². The molecule has 0 aliphatic rings. The summed E-state index contributed by atoms with van der Waals surface area (Å²) in [5.74, 6) is -0.519. The number of aliphatic hydroxyl groups is 1. The topological polar surface area (TPSA) is 46.5 Å². The van der Waals surface area contributed by atoms with Crippen LogP contribution in [0.4, 0.5) is 0 Å². The van der Waals surface area contributed by atoms with Crippen molar-refractivity contribution in [3.63, 3.8) is 0 Å². The molecule has 0 aliphatic heterocycles. The van der Waals surface area contributed by atoms with Crippen LogP contribution < -0.4 is 0 Å². The highest BCUT2D eigenvalue weighted by Gasteiger charge is 2.33. The lowest BCUT2D eigenvalue weighted by molar-refractivity contribution is -0.138. The van der Waals surface area contributed by atoms with Crippen LogP contribution in [0, 0.1) is 0 Å². The van der Waals surface area contributed by atoms with Gasteiger partial charge in [-0.15, -0.1) is 0 Å². The number of carbonyl (C=O) groups is 1. The summed E-state index contributed by atoms with van der Waals surface area (Å²) in [5, 5.41) is 10.2. The Kier molecular flexibility index (Phi) is 5.46. The lowest BCUT2D eigenvalue weighted by atomic mass is 9.86. The van der Waals surface area contributed by atoms with Gasteiger partial charge in [0.15, 0.2) is 0 Å². The molecule has 0 unspecified atom stereocenters. The summed E-state index contributed by atoms with van der Waals surface area (Å²) in [7, 11) is 1.30. The van der Waals surface area contributed by atoms with E-state index >= 15 is 0 Å². The molecule has 0 aromatic heterocycles. The molecule has 0 saturated heterocycles. The molecule has 0 aliphatic carbocycles. The van der Waals surface area contributed by atoms with Crippen molar-refractivity contribution in [2.24, 2.45) is 0 Å². The van der Waals surface area contributed by atoms with Crippen molar-refractivity contribution >= 4 is 5.97 Å². The van der Waals surface area contributed by atoms with Gasteiger partial charge in [0.05, 0.1) is 18.3 Å². The maximum absolute atomic E-state index is 11.2. The third-order valence-corrected chi connectivity index (χ3v) is 2.32. The van der Waals surface area contributed by atoms with Gasteiger partial charge in [0, 0.05) is 0 Å². The van der Waals surface area contributed by atoms with E-state index in [-0.39, 0.29) is 5.57 Å². The van der Waals surface area contributed by atoms with E-state index in [1.54, 1.807) is 0 Å². The smallest absolute Gasteiger partial charge is 0.336 e. The van der Waals surface area contributed by atoms with Crippen LogP contribution in [0.25, 0.3) is 0 Å². The fourth-order valence-corrected chi connectivity index (χ4v) is 1.57. The predicted octanol–water partition coefficient (Wildman–Crippen LogP) is 2.05. The summed E-state index contributed by atoms with van der Waals surface area (Å²) in [6, 6.07) is 0. The number of hydrogen-bond acceptors (Lipinski definition) is 3. The quantitative estimate of drug-likeness (QED) is 0.527. The molecule has 1 N–H and O–H groups in total. The minimum absolute atomic E-state index is 0.170. The van der Waals surface area contributed by atoms with E-state index in [0.717, 1.165) is 12.8 Å². The number of esters is 1. The molecule has 0 amide bonds. The zero-order chi connectivity index (χ0) is 11.2. The molecule has 0 radical (unpaired) electrons. The van der Waals surface area contributed by atoms with E-state index < -0.39 is 11.6 Å². The van der Waals surface area contributed by atoms with Crippen LogP contribution in [0.15, 0.2) is 12.2 Å². The molecule has 0 aromatic rings. The third-order valence-electron chi connectivity index (χ3n) is 2.32. The summed E-state index contributed by atoms with van der Waals surface area (Å²) in [6.45, 7) is 7.54. The van der Waals surface area contributed by atoms with E-state index in [0.29, 0.717) is 12.8 Å². The molecule has 0 spiro atoms. The molecule has 0 rings (SSSR count). The van der Waals surface area contributed by atoms with Crippen LogP contribution in [0.3, 0.4) is 0 Å². The van der Waals surface area contributed by atoms with Crippen molar-refractivity contribution in [2.45, 2.75) is 45.1 Å². The number of ether oxygens (including phenoxy) is 1. The lowest BCUT2D eigenvalue weighted by Crippen LogP contribution is -2.34. The van der Waals surface area contributed by atoms with Crippen LogP contribution in [-0.4, -0.2) is 23.8 Å². The van der Waals surface area contributed by atoms with Gasteiger partial charge >= 0.3 is 5.97 Å². The molecule has 0 bridgehead atoms. The second kappa shape index (κ2) is 5.81. The zero-order valence-electron chi connectivity index (χ0n) is 9.30. The Morgan fingerprint density at radius 2 is 1.79 bits per heavy atom. The summed E-state index contributed by atoms with van der Waals surface area (Å²) >= 11 is 0. The van der Waals surface area contributed by atoms with Crippen molar-refractivity contribution in [1.82, 2.24) is 0 Å². The van der Waals surface area contributed by atoms with E-state index in [4.69, 9.17) is 0 Å². The average molecular weight is 200 g/mol. The molecule has 0 saturated carbocycles. The fourth-order valence-electron chi connectivity index (χ4n) is 1.57. The highest BCUT2D eigenvalue weighted by molar-refractivity contribution is 5.89. The van der Waals surface area contributed by atoms with Crippen molar-refractivity contribution < 1.29 is 14.6 Å². The predicted molar refractivity (Wildman–Crippen MR) is 55.9 cm³/mol. The zero-order valence-corrected chi connectivity index (χ0v) is 9.30.